The third-order valence-corrected chi connectivity index (χ3v) is 2.79. The molecule has 1 aromatic rings. The van der Waals surface area contributed by atoms with Crippen molar-refractivity contribution in [3.63, 3.8) is 0 Å². The zero-order chi connectivity index (χ0) is 12.8. The van der Waals surface area contributed by atoms with Crippen LogP contribution in [0.15, 0.2) is 29.8 Å². The van der Waals surface area contributed by atoms with Crippen LogP contribution in [0.4, 0.5) is 0 Å². The highest BCUT2D eigenvalue weighted by Crippen LogP contribution is 2.20. The molecule has 0 aliphatic heterocycles. The molecule has 1 nitrogen and oxygen atoms in total. The molecule has 0 atom stereocenters. The average molecular weight is 253 g/mol. The summed E-state index contributed by atoms with van der Waals surface area (Å²) in [5.41, 5.74) is 2.39. The first-order valence-corrected chi connectivity index (χ1v) is 6.59. The molecule has 0 fully saturated rings. The normalized spacial score (nSPS) is 12.3. The molecule has 0 heterocycles. The van der Waals surface area contributed by atoms with Crippen LogP contribution in [0.25, 0.3) is 6.08 Å². The number of alkyl halides is 1. The van der Waals surface area contributed by atoms with E-state index in [9.17, 15) is 0 Å². The smallest absolute Gasteiger partial charge is 0.120 e. The molecule has 0 bridgehead atoms. The number of halogens is 1. The SMILES string of the molecule is CC(C)Oc1cccc(C=C(CCl)C(C)C)c1. The predicted octanol–water partition coefficient (Wildman–Crippen LogP) is 4.75. The summed E-state index contributed by atoms with van der Waals surface area (Å²) in [6.07, 6.45) is 2.34. The Kier molecular flexibility index (Phi) is 5.57. The van der Waals surface area contributed by atoms with Crippen LogP contribution in [0.2, 0.25) is 0 Å². The van der Waals surface area contributed by atoms with Gasteiger partial charge in [0.05, 0.1) is 6.10 Å². The number of rotatable bonds is 5. The van der Waals surface area contributed by atoms with E-state index in [0.29, 0.717) is 11.8 Å². The van der Waals surface area contributed by atoms with E-state index in [4.69, 9.17) is 16.3 Å². The van der Waals surface area contributed by atoms with Crippen molar-refractivity contribution in [2.24, 2.45) is 5.92 Å². The third-order valence-electron chi connectivity index (χ3n) is 2.48. The number of hydrogen-bond acceptors (Lipinski definition) is 1. The van der Waals surface area contributed by atoms with Gasteiger partial charge in [-0.05, 0) is 37.5 Å². The largest absolute Gasteiger partial charge is 0.491 e. The summed E-state index contributed by atoms with van der Waals surface area (Å²) in [6.45, 7) is 8.37. The van der Waals surface area contributed by atoms with Crippen molar-refractivity contribution in [2.45, 2.75) is 33.8 Å². The second-order valence-electron chi connectivity index (χ2n) is 4.75. The van der Waals surface area contributed by atoms with E-state index in [-0.39, 0.29) is 6.10 Å². The van der Waals surface area contributed by atoms with Crippen molar-refractivity contribution in [3.8, 4) is 5.75 Å². The fraction of sp³-hybridized carbons (Fsp3) is 0.467. The van der Waals surface area contributed by atoms with Crippen LogP contribution in [0.5, 0.6) is 5.75 Å². The van der Waals surface area contributed by atoms with Gasteiger partial charge < -0.3 is 4.74 Å². The standard InChI is InChI=1S/C15H21ClO/c1-11(2)14(10-16)8-13-6-5-7-15(9-13)17-12(3)4/h5-9,11-12H,10H2,1-4H3. The maximum atomic E-state index is 5.94. The fourth-order valence-corrected chi connectivity index (χ4v) is 1.91. The molecule has 94 valence electrons. The minimum atomic E-state index is 0.201. The minimum absolute atomic E-state index is 0.201. The fourth-order valence-electron chi connectivity index (χ4n) is 1.52. The maximum absolute atomic E-state index is 5.94. The van der Waals surface area contributed by atoms with Gasteiger partial charge in [0.25, 0.3) is 0 Å². The Bertz CT molecular complexity index is 380. The molecule has 0 amide bonds. The summed E-state index contributed by atoms with van der Waals surface area (Å²) < 4.78 is 5.67. The second-order valence-corrected chi connectivity index (χ2v) is 5.01. The summed E-state index contributed by atoms with van der Waals surface area (Å²) in [5.74, 6) is 1.96. The second kappa shape index (κ2) is 6.70. The van der Waals surface area contributed by atoms with Crippen LogP contribution in [-0.2, 0) is 0 Å². The van der Waals surface area contributed by atoms with Gasteiger partial charge in [-0.3, -0.25) is 0 Å². The first kappa shape index (κ1) is 14.1. The highest BCUT2D eigenvalue weighted by atomic mass is 35.5. The molecule has 0 spiro atoms. The van der Waals surface area contributed by atoms with E-state index in [1.807, 2.05) is 26.0 Å². The van der Waals surface area contributed by atoms with Crippen LogP contribution >= 0.6 is 11.6 Å². The predicted molar refractivity (Wildman–Crippen MR) is 75.7 cm³/mol. The van der Waals surface area contributed by atoms with Gasteiger partial charge in [0, 0.05) is 5.88 Å². The van der Waals surface area contributed by atoms with Gasteiger partial charge in [-0.25, -0.2) is 0 Å². The van der Waals surface area contributed by atoms with Gasteiger partial charge in [0.15, 0.2) is 0 Å². The zero-order valence-electron chi connectivity index (χ0n) is 11.0. The van der Waals surface area contributed by atoms with Crippen LogP contribution < -0.4 is 4.74 Å². The number of ether oxygens (including phenoxy) is 1. The average Bonchev–Trinajstić information content (AvgIpc) is 2.25. The lowest BCUT2D eigenvalue weighted by atomic mass is 10.0. The molecular formula is C15H21ClO. The first-order valence-electron chi connectivity index (χ1n) is 6.06. The summed E-state index contributed by atoms with van der Waals surface area (Å²) in [7, 11) is 0. The number of hydrogen-bond donors (Lipinski definition) is 0. The van der Waals surface area contributed by atoms with E-state index in [2.05, 4.69) is 32.1 Å². The summed E-state index contributed by atoms with van der Waals surface area (Å²) in [6, 6.07) is 8.11. The highest BCUT2D eigenvalue weighted by molar-refractivity contribution is 6.19. The Balaban J connectivity index is 2.91. The van der Waals surface area contributed by atoms with Gasteiger partial charge in [-0.15, -0.1) is 11.6 Å². The van der Waals surface area contributed by atoms with Crippen LogP contribution in [0, 0.1) is 5.92 Å². The molecule has 0 radical (unpaired) electrons. The van der Waals surface area contributed by atoms with Crippen molar-refractivity contribution in [2.75, 3.05) is 5.88 Å². The van der Waals surface area contributed by atoms with Crippen molar-refractivity contribution < 1.29 is 4.74 Å². The maximum Gasteiger partial charge on any atom is 0.120 e. The molecule has 0 saturated heterocycles. The molecule has 17 heavy (non-hydrogen) atoms. The lowest BCUT2D eigenvalue weighted by Crippen LogP contribution is -2.05. The molecule has 1 aromatic carbocycles. The molecule has 0 aromatic heterocycles. The molecule has 0 aliphatic rings. The van der Waals surface area contributed by atoms with Crippen LogP contribution in [0.3, 0.4) is 0 Å². The lowest BCUT2D eigenvalue weighted by Gasteiger charge is -2.11. The van der Waals surface area contributed by atoms with E-state index in [0.717, 1.165) is 11.3 Å². The van der Waals surface area contributed by atoms with E-state index in [1.54, 1.807) is 0 Å². The zero-order valence-corrected chi connectivity index (χ0v) is 11.8. The molecule has 0 saturated carbocycles. The molecule has 1 rings (SSSR count). The molecule has 2 heteroatoms. The topological polar surface area (TPSA) is 9.23 Å². The monoisotopic (exact) mass is 252 g/mol. The molecule has 0 aliphatic carbocycles. The van der Waals surface area contributed by atoms with E-state index >= 15 is 0 Å². The summed E-state index contributed by atoms with van der Waals surface area (Å²) in [5, 5.41) is 0. The van der Waals surface area contributed by atoms with Gasteiger partial charge >= 0.3 is 0 Å². The number of benzene rings is 1. The minimum Gasteiger partial charge on any atom is -0.491 e. The van der Waals surface area contributed by atoms with Gasteiger partial charge in [-0.1, -0.05) is 37.6 Å². The quantitative estimate of drug-likeness (QED) is 0.687. The Morgan fingerprint density at radius 1 is 1.29 bits per heavy atom. The van der Waals surface area contributed by atoms with Gasteiger partial charge in [0.1, 0.15) is 5.75 Å². The Morgan fingerprint density at radius 2 is 2.00 bits per heavy atom. The van der Waals surface area contributed by atoms with E-state index < -0.39 is 0 Å². The van der Waals surface area contributed by atoms with Crippen LogP contribution in [-0.4, -0.2) is 12.0 Å². The Hall–Kier alpha value is -0.950. The first-order chi connectivity index (χ1) is 8.02. The van der Waals surface area contributed by atoms with Crippen molar-refractivity contribution in [3.05, 3.63) is 35.4 Å². The summed E-state index contributed by atoms with van der Waals surface area (Å²) >= 11 is 5.94. The van der Waals surface area contributed by atoms with Gasteiger partial charge in [0.2, 0.25) is 0 Å². The molecular weight excluding hydrogens is 232 g/mol. The van der Waals surface area contributed by atoms with Crippen molar-refractivity contribution in [1.29, 1.82) is 0 Å². The number of allylic oxidation sites excluding steroid dienone is 1. The molecule has 0 N–H and O–H groups in total. The highest BCUT2D eigenvalue weighted by Gasteiger charge is 2.03. The van der Waals surface area contributed by atoms with Crippen molar-refractivity contribution >= 4 is 17.7 Å². The molecule has 0 unspecified atom stereocenters. The van der Waals surface area contributed by atoms with E-state index in [1.165, 1.54) is 5.57 Å². The summed E-state index contributed by atoms with van der Waals surface area (Å²) in [4.78, 5) is 0. The van der Waals surface area contributed by atoms with Crippen LogP contribution in [0.1, 0.15) is 33.3 Å². The van der Waals surface area contributed by atoms with Crippen molar-refractivity contribution in [1.82, 2.24) is 0 Å². The lowest BCUT2D eigenvalue weighted by molar-refractivity contribution is 0.242. The Morgan fingerprint density at radius 3 is 2.53 bits per heavy atom. The van der Waals surface area contributed by atoms with Gasteiger partial charge in [-0.2, -0.15) is 0 Å². The third kappa shape index (κ3) is 4.82. The Labute approximate surface area is 109 Å².